The highest BCUT2D eigenvalue weighted by Gasteiger charge is 2.38. The minimum atomic E-state index is -0.820. The molecule has 1 saturated heterocycles. The third-order valence-corrected chi connectivity index (χ3v) is 3.95. The third-order valence-electron chi connectivity index (χ3n) is 3.95. The lowest BCUT2D eigenvalue weighted by atomic mass is 10.1. The first-order valence-corrected chi connectivity index (χ1v) is 8.08. The number of imide groups is 1. The van der Waals surface area contributed by atoms with Crippen molar-refractivity contribution in [3.63, 3.8) is 0 Å². The number of amides is 4. The van der Waals surface area contributed by atoms with Gasteiger partial charge < -0.3 is 15.1 Å². The second kappa shape index (κ2) is 7.65. The predicted octanol–water partition coefficient (Wildman–Crippen LogP) is 1.45. The highest BCUT2D eigenvalue weighted by molar-refractivity contribution is 6.05. The predicted molar refractivity (Wildman–Crippen MR) is 89.4 cm³/mol. The fourth-order valence-electron chi connectivity index (χ4n) is 2.67. The summed E-state index contributed by atoms with van der Waals surface area (Å²) in [6, 6.07) is 11.6. The Labute approximate surface area is 145 Å². The standard InChI is InChI=1S/C18H19N3O4/c22-16(19-9-8-14-7-4-10-25-14)11-15-17(23)21(18(24)20-15)12-13-5-2-1-3-6-13/h1-7,10,15H,8-9,11-12H2,(H,19,22)(H,20,24)/t15-/m0/s1. The Morgan fingerprint density at radius 1 is 1.16 bits per heavy atom. The van der Waals surface area contributed by atoms with Gasteiger partial charge in [0.05, 0.1) is 19.2 Å². The Morgan fingerprint density at radius 3 is 2.68 bits per heavy atom. The molecule has 1 aromatic carbocycles. The Kier molecular flexibility index (Phi) is 5.13. The van der Waals surface area contributed by atoms with Crippen molar-refractivity contribution in [3.8, 4) is 0 Å². The van der Waals surface area contributed by atoms with Crippen molar-refractivity contribution >= 4 is 17.8 Å². The second-order valence-electron chi connectivity index (χ2n) is 5.80. The molecule has 2 N–H and O–H groups in total. The molecule has 130 valence electrons. The van der Waals surface area contributed by atoms with Crippen LogP contribution in [0.2, 0.25) is 0 Å². The summed E-state index contributed by atoms with van der Waals surface area (Å²) in [6.07, 6.45) is 2.07. The highest BCUT2D eigenvalue weighted by atomic mass is 16.3. The lowest BCUT2D eigenvalue weighted by molar-refractivity contribution is -0.131. The van der Waals surface area contributed by atoms with Gasteiger partial charge in [0.15, 0.2) is 0 Å². The molecular weight excluding hydrogens is 322 g/mol. The van der Waals surface area contributed by atoms with E-state index in [1.807, 2.05) is 36.4 Å². The monoisotopic (exact) mass is 341 g/mol. The molecule has 1 fully saturated rings. The molecule has 1 aliphatic rings. The Hall–Kier alpha value is -3.09. The molecule has 3 rings (SSSR count). The van der Waals surface area contributed by atoms with Crippen LogP contribution in [0.25, 0.3) is 0 Å². The van der Waals surface area contributed by atoms with E-state index in [0.29, 0.717) is 13.0 Å². The highest BCUT2D eigenvalue weighted by Crippen LogP contribution is 2.14. The Bertz CT molecular complexity index is 743. The van der Waals surface area contributed by atoms with Crippen LogP contribution in [-0.4, -0.2) is 35.3 Å². The third kappa shape index (κ3) is 4.26. The van der Waals surface area contributed by atoms with Gasteiger partial charge >= 0.3 is 6.03 Å². The minimum absolute atomic E-state index is 0.0754. The van der Waals surface area contributed by atoms with E-state index in [0.717, 1.165) is 16.2 Å². The van der Waals surface area contributed by atoms with Gasteiger partial charge in [0.1, 0.15) is 11.8 Å². The second-order valence-corrected chi connectivity index (χ2v) is 5.80. The largest absolute Gasteiger partial charge is 0.469 e. The summed E-state index contributed by atoms with van der Waals surface area (Å²) < 4.78 is 5.18. The van der Waals surface area contributed by atoms with Gasteiger partial charge in [-0.3, -0.25) is 14.5 Å². The molecule has 0 saturated carbocycles. The molecule has 2 aromatic rings. The van der Waals surface area contributed by atoms with Crippen LogP contribution in [-0.2, 0) is 22.6 Å². The van der Waals surface area contributed by atoms with Gasteiger partial charge in [0, 0.05) is 13.0 Å². The summed E-state index contributed by atoms with van der Waals surface area (Å²) in [5, 5.41) is 5.29. The van der Waals surface area contributed by atoms with E-state index in [9.17, 15) is 14.4 Å². The number of nitrogens with one attached hydrogen (secondary N) is 2. The molecule has 0 radical (unpaired) electrons. The van der Waals surface area contributed by atoms with E-state index in [-0.39, 0.29) is 24.8 Å². The SMILES string of the molecule is O=C(C[C@@H]1NC(=O)N(Cc2ccccc2)C1=O)NCCc1ccco1. The smallest absolute Gasteiger partial charge is 0.325 e. The number of nitrogens with zero attached hydrogens (tertiary/aromatic N) is 1. The number of carbonyl (C=O) groups excluding carboxylic acids is 3. The van der Waals surface area contributed by atoms with Crippen molar-refractivity contribution in [1.29, 1.82) is 0 Å². The van der Waals surface area contributed by atoms with Crippen LogP contribution in [0.5, 0.6) is 0 Å². The minimum Gasteiger partial charge on any atom is -0.469 e. The van der Waals surface area contributed by atoms with Gasteiger partial charge in [-0.1, -0.05) is 30.3 Å². The first kappa shape index (κ1) is 16.8. The van der Waals surface area contributed by atoms with E-state index < -0.39 is 12.1 Å². The lowest BCUT2D eigenvalue weighted by Crippen LogP contribution is -2.37. The summed E-state index contributed by atoms with van der Waals surface area (Å²) in [6.45, 7) is 0.608. The fourth-order valence-corrected chi connectivity index (χ4v) is 2.67. The van der Waals surface area contributed by atoms with E-state index in [1.165, 1.54) is 0 Å². The summed E-state index contributed by atoms with van der Waals surface area (Å²) >= 11 is 0. The van der Waals surface area contributed by atoms with Crippen molar-refractivity contribution in [2.24, 2.45) is 0 Å². The number of hydrogen-bond donors (Lipinski definition) is 2. The quantitative estimate of drug-likeness (QED) is 0.746. The molecule has 0 bridgehead atoms. The van der Waals surface area contributed by atoms with Gasteiger partial charge in [-0.05, 0) is 17.7 Å². The topological polar surface area (TPSA) is 91.7 Å². The maximum absolute atomic E-state index is 12.4. The molecule has 0 spiro atoms. The molecule has 1 atom stereocenters. The van der Waals surface area contributed by atoms with Crippen LogP contribution < -0.4 is 10.6 Å². The number of rotatable bonds is 7. The number of hydrogen-bond acceptors (Lipinski definition) is 4. The average Bonchev–Trinajstić information content (AvgIpc) is 3.20. The molecule has 4 amide bonds. The van der Waals surface area contributed by atoms with Gasteiger partial charge in [0.2, 0.25) is 5.91 Å². The number of urea groups is 1. The summed E-state index contributed by atoms with van der Waals surface area (Å²) in [4.78, 5) is 37.5. The summed E-state index contributed by atoms with van der Waals surface area (Å²) in [7, 11) is 0. The Balaban J connectivity index is 1.48. The molecular formula is C18H19N3O4. The van der Waals surface area contributed by atoms with Crippen LogP contribution in [0.4, 0.5) is 4.79 Å². The molecule has 1 aromatic heterocycles. The normalized spacial score (nSPS) is 16.8. The van der Waals surface area contributed by atoms with Crippen LogP contribution in [0, 0.1) is 0 Å². The van der Waals surface area contributed by atoms with E-state index in [4.69, 9.17) is 4.42 Å². The molecule has 1 aliphatic heterocycles. The van der Waals surface area contributed by atoms with Crippen molar-refractivity contribution in [1.82, 2.24) is 15.5 Å². The summed E-state index contributed by atoms with van der Waals surface area (Å²) in [5.74, 6) is 0.112. The van der Waals surface area contributed by atoms with Gasteiger partial charge in [-0.15, -0.1) is 0 Å². The van der Waals surface area contributed by atoms with Crippen LogP contribution in [0.15, 0.2) is 53.1 Å². The zero-order chi connectivity index (χ0) is 17.6. The number of carbonyl (C=O) groups is 3. The lowest BCUT2D eigenvalue weighted by Gasteiger charge is -2.13. The molecule has 0 unspecified atom stereocenters. The average molecular weight is 341 g/mol. The van der Waals surface area contributed by atoms with E-state index in [1.54, 1.807) is 12.3 Å². The van der Waals surface area contributed by atoms with E-state index in [2.05, 4.69) is 10.6 Å². The van der Waals surface area contributed by atoms with Crippen molar-refractivity contribution < 1.29 is 18.8 Å². The zero-order valence-corrected chi connectivity index (χ0v) is 13.6. The molecule has 2 heterocycles. The maximum Gasteiger partial charge on any atom is 0.325 e. The van der Waals surface area contributed by atoms with Gasteiger partial charge in [-0.25, -0.2) is 4.79 Å². The summed E-state index contributed by atoms with van der Waals surface area (Å²) in [5.41, 5.74) is 0.856. The van der Waals surface area contributed by atoms with Crippen LogP contribution in [0.3, 0.4) is 0 Å². The van der Waals surface area contributed by atoms with Gasteiger partial charge in [0.25, 0.3) is 5.91 Å². The molecule has 7 heteroatoms. The van der Waals surface area contributed by atoms with Crippen molar-refractivity contribution in [2.75, 3.05) is 6.54 Å². The van der Waals surface area contributed by atoms with Crippen molar-refractivity contribution in [2.45, 2.75) is 25.4 Å². The van der Waals surface area contributed by atoms with E-state index >= 15 is 0 Å². The first-order chi connectivity index (χ1) is 12.1. The zero-order valence-electron chi connectivity index (χ0n) is 13.6. The first-order valence-electron chi connectivity index (χ1n) is 8.08. The Morgan fingerprint density at radius 2 is 1.96 bits per heavy atom. The van der Waals surface area contributed by atoms with Crippen LogP contribution in [0.1, 0.15) is 17.7 Å². The molecule has 7 nitrogen and oxygen atoms in total. The maximum atomic E-state index is 12.4. The van der Waals surface area contributed by atoms with Crippen LogP contribution >= 0.6 is 0 Å². The molecule has 0 aliphatic carbocycles. The number of benzene rings is 1. The van der Waals surface area contributed by atoms with Crippen molar-refractivity contribution in [3.05, 3.63) is 60.1 Å². The number of furan rings is 1. The van der Waals surface area contributed by atoms with Gasteiger partial charge in [-0.2, -0.15) is 0 Å². The fraction of sp³-hybridized carbons (Fsp3) is 0.278. The molecule has 25 heavy (non-hydrogen) atoms.